The van der Waals surface area contributed by atoms with Gasteiger partial charge >= 0.3 is 6.03 Å². The predicted molar refractivity (Wildman–Crippen MR) is 91.8 cm³/mol. The molecule has 2 amide bonds. The van der Waals surface area contributed by atoms with E-state index in [1.165, 1.54) is 0 Å². The zero-order chi connectivity index (χ0) is 16.5. The molecule has 0 aromatic carbocycles. The van der Waals surface area contributed by atoms with Crippen LogP contribution in [0.1, 0.15) is 30.1 Å². The molecule has 3 aromatic heterocycles. The number of aromatic nitrogens is 3. The normalized spacial score (nSPS) is 15.2. The first kappa shape index (κ1) is 14.7. The lowest BCUT2D eigenvalue weighted by molar-refractivity contribution is 0.247. The molecule has 6 nitrogen and oxygen atoms in total. The summed E-state index contributed by atoms with van der Waals surface area (Å²) in [5, 5.41) is 6.00. The Bertz CT molecular complexity index is 870. The maximum absolute atomic E-state index is 12.4. The number of urea groups is 1. The third-order valence-electron chi connectivity index (χ3n) is 4.28. The van der Waals surface area contributed by atoms with Gasteiger partial charge in [0.05, 0.1) is 11.7 Å². The second kappa shape index (κ2) is 5.96. The number of rotatable bonds is 4. The van der Waals surface area contributed by atoms with Crippen LogP contribution in [0.4, 0.5) is 10.5 Å². The van der Waals surface area contributed by atoms with Crippen LogP contribution in [0.15, 0.2) is 49.1 Å². The van der Waals surface area contributed by atoms with Crippen molar-refractivity contribution in [3.8, 4) is 0 Å². The van der Waals surface area contributed by atoms with Crippen LogP contribution < -0.4 is 10.6 Å². The molecule has 1 fully saturated rings. The summed E-state index contributed by atoms with van der Waals surface area (Å²) in [6.45, 7) is 1.95. The Balaban J connectivity index is 1.48. The molecule has 1 aliphatic carbocycles. The molecule has 24 heavy (non-hydrogen) atoms. The minimum absolute atomic E-state index is 0.0328. The molecule has 0 saturated heterocycles. The quantitative estimate of drug-likeness (QED) is 0.774. The Labute approximate surface area is 139 Å². The van der Waals surface area contributed by atoms with Crippen LogP contribution >= 0.6 is 0 Å². The largest absolute Gasteiger partial charge is 0.331 e. The van der Waals surface area contributed by atoms with Crippen LogP contribution in [0, 0.1) is 12.8 Å². The fourth-order valence-electron chi connectivity index (χ4n) is 2.97. The van der Waals surface area contributed by atoms with Crippen molar-refractivity contribution in [1.29, 1.82) is 0 Å². The number of hydrogen-bond donors (Lipinski definition) is 2. The molecule has 3 aromatic rings. The second-order valence-corrected chi connectivity index (χ2v) is 6.26. The standard InChI is InChI=1S/C18H19N5O/c1-12-11-23-9-6-15(10-16(23)20-12)21-18(24)22-17(13-2-3-13)14-4-7-19-8-5-14/h4-11,13,17H,2-3H2,1H3,(H2,21,22,24). The van der Waals surface area contributed by atoms with Crippen LogP contribution in [0.2, 0.25) is 0 Å². The van der Waals surface area contributed by atoms with Gasteiger partial charge in [0.25, 0.3) is 0 Å². The van der Waals surface area contributed by atoms with Gasteiger partial charge < -0.3 is 15.0 Å². The number of pyridine rings is 2. The third kappa shape index (κ3) is 3.08. The van der Waals surface area contributed by atoms with Crippen molar-refractivity contribution in [3.63, 3.8) is 0 Å². The monoisotopic (exact) mass is 321 g/mol. The zero-order valence-corrected chi connectivity index (χ0v) is 13.4. The fourth-order valence-corrected chi connectivity index (χ4v) is 2.97. The number of carbonyl (C=O) groups is 1. The van der Waals surface area contributed by atoms with E-state index in [9.17, 15) is 4.79 Å². The topological polar surface area (TPSA) is 71.3 Å². The van der Waals surface area contributed by atoms with E-state index in [4.69, 9.17) is 0 Å². The first-order chi connectivity index (χ1) is 11.7. The zero-order valence-electron chi connectivity index (χ0n) is 13.4. The predicted octanol–water partition coefficient (Wildman–Crippen LogP) is 3.31. The number of aryl methyl sites for hydroxylation is 1. The van der Waals surface area contributed by atoms with E-state index in [-0.39, 0.29) is 12.1 Å². The van der Waals surface area contributed by atoms with E-state index in [0.29, 0.717) is 5.92 Å². The van der Waals surface area contributed by atoms with Gasteiger partial charge in [0.2, 0.25) is 0 Å². The highest BCUT2D eigenvalue weighted by atomic mass is 16.2. The molecule has 3 heterocycles. The highest BCUT2D eigenvalue weighted by Crippen LogP contribution is 2.40. The minimum Gasteiger partial charge on any atom is -0.331 e. The molecule has 1 unspecified atom stereocenters. The van der Waals surface area contributed by atoms with E-state index < -0.39 is 0 Å². The molecule has 0 aliphatic heterocycles. The summed E-state index contributed by atoms with van der Waals surface area (Å²) in [4.78, 5) is 20.9. The van der Waals surface area contributed by atoms with Crippen LogP contribution in [-0.4, -0.2) is 20.4 Å². The van der Waals surface area contributed by atoms with Crippen molar-refractivity contribution in [1.82, 2.24) is 19.7 Å². The van der Waals surface area contributed by atoms with E-state index in [0.717, 1.165) is 35.4 Å². The van der Waals surface area contributed by atoms with E-state index in [1.54, 1.807) is 12.4 Å². The summed E-state index contributed by atoms with van der Waals surface area (Å²) < 4.78 is 1.93. The average molecular weight is 321 g/mol. The Morgan fingerprint density at radius 1 is 1.29 bits per heavy atom. The van der Waals surface area contributed by atoms with Crippen LogP contribution in [0.25, 0.3) is 5.65 Å². The summed E-state index contributed by atoms with van der Waals surface area (Å²) in [6.07, 6.45) is 9.66. The average Bonchev–Trinajstić information content (AvgIpc) is 3.34. The number of carbonyl (C=O) groups excluding carboxylic acids is 1. The number of fused-ring (bicyclic) bond motifs is 1. The lowest BCUT2D eigenvalue weighted by atomic mass is 10.0. The lowest BCUT2D eigenvalue weighted by Crippen LogP contribution is -2.33. The molecule has 1 saturated carbocycles. The van der Waals surface area contributed by atoms with Crippen LogP contribution in [-0.2, 0) is 0 Å². The molecule has 0 radical (unpaired) electrons. The molecule has 1 aliphatic rings. The maximum Gasteiger partial charge on any atom is 0.319 e. The van der Waals surface area contributed by atoms with Gasteiger partial charge in [-0.1, -0.05) is 0 Å². The van der Waals surface area contributed by atoms with Gasteiger partial charge in [0, 0.05) is 36.5 Å². The Morgan fingerprint density at radius 3 is 2.83 bits per heavy atom. The molecular formula is C18H19N5O. The van der Waals surface area contributed by atoms with Gasteiger partial charge in [0.1, 0.15) is 5.65 Å². The Morgan fingerprint density at radius 2 is 2.08 bits per heavy atom. The van der Waals surface area contributed by atoms with Crippen molar-refractivity contribution >= 4 is 17.4 Å². The summed E-state index contributed by atoms with van der Waals surface area (Å²) in [6, 6.07) is 7.49. The molecule has 0 bridgehead atoms. The molecular weight excluding hydrogens is 302 g/mol. The Hall–Kier alpha value is -2.89. The van der Waals surface area contributed by atoms with Crippen molar-refractivity contribution < 1.29 is 4.79 Å². The van der Waals surface area contributed by atoms with Gasteiger partial charge in [-0.2, -0.15) is 0 Å². The van der Waals surface area contributed by atoms with Gasteiger partial charge in [-0.15, -0.1) is 0 Å². The van der Waals surface area contributed by atoms with E-state index in [1.807, 2.05) is 48.0 Å². The molecule has 2 N–H and O–H groups in total. The highest BCUT2D eigenvalue weighted by molar-refractivity contribution is 5.90. The van der Waals surface area contributed by atoms with Gasteiger partial charge in [-0.25, -0.2) is 9.78 Å². The Kier molecular flexibility index (Phi) is 3.65. The number of amides is 2. The van der Waals surface area contributed by atoms with Gasteiger partial charge in [-0.3, -0.25) is 4.98 Å². The third-order valence-corrected chi connectivity index (χ3v) is 4.28. The summed E-state index contributed by atoms with van der Waals surface area (Å²) in [5.41, 5.74) is 3.60. The van der Waals surface area contributed by atoms with Crippen molar-refractivity contribution in [2.75, 3.05) is 5.32 Å². The second-order valence-electron chi connectivity index (χ2n) is 6.26. The van der Waals surface area contributed by atoms with Crippen LogP contribution in [0.3, 0.4) is 0 Å². The first-order valence-electron chi connectivity index (χ1n) is 8.12. The van der Waals surface area contributed by atoms with Crippen LogP contribution in [0.5, 0.6) is 0 Å². The summed E-state index contributed by atoms with van der Waals surface area (Å²) in [7, 11) is 0. The van der Waals surface area contributed by atoms with Gasteiger partial charge in [-0.05, 0) is 49.4 Å². The smallest absolute Gasteiger partial charge is 0.319 e. The number of anilines is 1. The maximum atomic E-state index is 12.4. The van der Waals surface area contributed by atoms with E-state index in [2.05, 4.69) is 20.6 Å². The molecule has 6 heteroatoms. The summed E-state index contributed by atoms with van der Waals surface area (Å²) in [5.74, 6) is 0.510. The lowest BCUT2D eigenvalue weighted by Gasteiger charge is -2.19. The number of nitrogens with one attached hydrogen (secondary N) is 2. The molecule has 0 spiro atoms. The van der Waals surface area contributed by atoms with Crippen molar-refractivity contribution in [2.45, 2.75) is 25.8 Å². The number of hydrogen-bond acceptors (Lipinski definition) is 3. The van der Waals surface area contributed by atoms with Crippen molar-refractivity contribution in [2.24, 2.45) is 5.92 Å². The summed E-state index contributed by atoms with van der Waals surface area (Å²) >= 11 is 0. The number of nitrogens with zero attached hydrogens (tertiary/aromatic N) is 3. The molecule has 1 atom stereocenters. The minimum atomic E-state index is -0.198. The first-order valence-corrected chi connectivity index (χ1v) is 8.12. The van der Waals surface area contributed by atoms with Gasteiger partial charge in [0.15, 0.2) is 0 Å². The molecule has 122 valence electrons. The number of imidazole rings is 1. The SMILES string of the molecule is Cc1cn2ccc(NC(=O)NC(c3ccncc3)C3CC3)cc2n1. The van der Waals surface area contributed by atoms with Crippen molar-refractivity contribution in [3.05, 3.63) is 60.3 Å². The highest BCUT2D eigenvalue weighted by Gasteiger charge is 2.33. The molecule has 4 rings (SSSR count). The van der Waals surface area contributed by atoms with E-state index >= 15 is 0 Å². The fraction of sp³-hybridized carbons (Fsp3) is 0.278.